The van der Waals surface area contributed by atoms with Crippen molar-refractivity contribution in [1.29, 1.82) is 0 Å². The predicted octanol–water partition coefficient (Wildman–Crippen LogP) is 0.671. The van der Waals surface area contributed by atoms with Gasteiger partial charge in [0.1, 0.15) is 18.2 Å². The van der Waals surface area contributed by atoms with Gasteiger partial charge in [-0.25, -0.2) is 15.0 Å². The molecule has 2 rings (SSSR count). The van der Waals surface area contributed by atoms with Crippen LogP contribution in [0, 0.1) is 0 Å². The van der Waals surface area contributed by atoms with E-state index in [-0.39, 0.29) is 12.5 Å². The Morgan fingerprint density at radius 2 is 2.26 bits per heavy atom. The second-order valence-corrected chi connectivity index (χ2v) is 6.85. The van der Waals surface area contributed by atoms with Crippen molar-refractivity contribution in [3.63, 3.8) is 0 Å². The minimum atomic E-state index is -3.16. The Bertz CT molecular complexity index is 623. The minimum absolute atomic E-state index is 0.169. The lowest BCUT2D eigenvalue weighted by Gasteiger charge is -2.15. The van der Waals surface area contributed by atoms with Gasteiger partial charge in [-0.15, -0.1) is 0 Å². The molecule has 2 atom stereocenters. The molecule has 0 aliphatic carbocycles. The number of anilines is 1. The Kier molecular flexibility index (Phi) is 3.84. The summed E-state index contributed by atoms with van der Waals surface area (Å²) in [4.78, 5) is 21.3. The standard InChI is InChI=1S/C10H16N5O3P/c1-7(18-6-19(2,16)17)3-15-5-14-8-9(11)12-4-13-10(8)15/h4-5,7H,3,6H2,1-2H3,(H,16,17)(H2,11,12,13)/t7-/m1/s1. The van der Waals surface area contributed by atoms with Gasteiger partial charge in [-0.1, -0.05) is 0 Å². The van der Waals surface area contributed by atoms with Crippen molar-refractivity contribution < 1.29 is 14.2 Å². The summed E-state index contributed by atoms with van der Waals surface area (Å²) in [5.41, 5.74) is 6.85. The molecule has 0 radical (unpaired) electrons. The predicted molar refractivity (Wildman–Crippen MR) is 70.9 cm³/mol. The fourth-order valence-electron chi connectivity index (χ4n) is 1.63. The molecule has 9 heteroatoms. The summed E-state index contributed by atoms with van der Waals surface area (Å²) < 4.78 is 18.2. The average molecular weight is 285 g/mol. The molecule has 0 aliphatic heterocycles. The molecule has 0 spiro atoms. The number of fused-ring (bicyclic) bond motifs is 1. The molecule has 1 unspecified atom stereocenters. The fourth-order valence-corrected chi connectivity index (χ4v) is 2.16. The number of nitrogens with two attached hydrogens (primary N) is 1. The topological polar surface area (TPSA) is 116 Å². The van der Waals surface area contributed by atoms with Crippen LogP contribution in [0.25, 0.3) is 11.2 Å². The van der Waals surface area contributed by atoms with Crippen molar-refractivity contribution in [2.75, 3.05) is 18.7 Å². The molecule has 3 N–H and O–H groups in total. The lowest BCUT2D eigenvalue weighted by Crippen LogP contribution is -2.17. The molecule has 0 amide bonds. The Hall–Kier alpha value is -1.50. The van der Waals surface area contributed by atoms with E-state index in [1.165, 1.54) is 13.0 Å². The van der Waals surface area contributed by atoms with Gasteiger partial charge in [0, 0.05) is 6.66 Å². The van der Waals surface area contributed by atoms with E-state index in [0.29, 0.717) is 23.5 Å². The van der Waals surface area contributed by atoms with E-state index in [1.54, 1.807) is 10.9 Å². The first-order valence-corrected chi connectivity index (χ1v) is 7.98. The van der Waals surface area contributed by atoms with Crippen molar-refractivity contribution in [3.8, 4) is 0 Å². The van der Waals surface area contributed by atoms with Crippen molar-refractivity contribution in [1.82, 2.24) is 19.5 Å². The molecule has 0 fully saturated rings. The van der Waals surface area contributed by atoms with Crippen LogP contribution in [-0.4, -0.2) is 43.5 Å². The number of imidazole rings is 1. The summed E-state index contributed by atoms with van der Waals surface area (Å²) in [7, 11) is -3.16. The largest absolute Gasteiger partial charge is 0.382 e. The van der Waals surface area contributed by atoms with Gasteiger partial charge in [-0.3, -0.25) is 4.57 Å². The fraction of sp³-hybridized carbons (Fsp3) is 0.500. The van der Waals surface area contributed by atoms with E-state index >= 15 is 0 Å². The third kappa shape index (κ3) is 3.50. The normalized spacial score (nSPS) is 16.4. The average Bonchev–Trinajstić information content (AvgIpc) is 2.71. The van der Waals surface area contributed by atoms with E-state index < -0.39 is 7.37 Å². The minimum Gasteiger partial charge on any atom is -0.382 e. The van der Waals surface area contributed by atoms with E-state index in [0.717, 1.165) is 0 Å². The molecule has 0 aliphatic rings. The van der Waals surface area contributed by atoms with E-state index in [1.807, 2.05) is 6.92 Å². The highest BCUT2D eigenvalue weighted by Gasteiger charge is 2.15. The Morgan fingerprint density at radius 1 is 1.53 bits per heavy atom. The first kappa shape index (κ1) is 13.9. The van der Waals surface area contributed by atoms with Gasteiger partial charge in [0.15, 0.2) is 11.5 Å². The summed E-state index contributed by atoms with van der Waals surface area (Å²) >= 11 is 0. The molecule has 2 aromatic rings. The van der Waals surface area contributed by atoms with Crippen LogP contribution in [0.2, 0.25) is 0 Å². The maximum absolute atomic E-state index is 11.2. The van der Waals surface area contributed by atoms with Gasteiger partial charge in [0.05, 0.1) is 19.0 Å². The highest BCUT2D eigenvalue weighted by atomic mass is 31.2. The van der Waals surface area contributed by atoms with E-state index in [4.69, 9.17) is 10.5 Å². The zero-order valence-corrected chi connectivity index (χ0v) is 11.6. The molecule has 19 heavy (non-hydrogen) atoms. The molecule has 2 aromatic heterocycles. The number of rotatable bonds is 5. The molecule has 0 bridgehead atoms. The molecule has 0 saturated carbocycles. The van der Waals surface area contributed by atoms with Gasteiger partial charge in [0.2, 0.25) is 7.37 Å². The molecule has 0 aromatic carbocycles. The van der Waals surface area contributed by atoms with Gasteiger partial charge in [0.25, 0.3) is 0 Å². The number of hydrogen-bond acceptors (Lipinski definition) is 6. The SMILES string of the molecule is C[C@H](Cn1cnc2c(N)ncnc21)OCP(C)(=O)O. The van der Waals surface area contributed by atoms with Crippen molar-refractivity contribution in [3.05, 3.63) is 12.7 Å². The maximum Gasteiger partial charge on any atom is 0.222 e. The number of hydrogen-bond donors (Lipinski definition) is 2. The van der Waals surface area contributed by atoms with E-state index in [9.17, 15) is 9.46 Å². The summed E-state index contributed by atoms with van der Waals surface area (Å²) in [5.74, 6) is 0.325. The lowest BCUT2D eigenvalue weighted by atomic mass is 10.4. The van der Waals surface area contributed by atoms with Gasteiger partial charge >= 0.3 is 0 Å². The van der Waals surface area contributed by atoms with Gasteiger partial charge in [-0.2, -0.15) is 0 Å². The Balaban J connectivity index is 2.09. The van der Waals surface area contributed by atoms with Crippen molar-refractivity contribution in [2.45, 2.75) is 19.6 Å². The maximum atomic E-state index is 11.2. The van der Waals surface area contributed by atoms with Crippen LogP contribution in [0.5, 0.6) is 0 Å². The molecular formula is C10H16N5O3P. The van der Waals surface area contributed by atoms with E-state index in [2.05, 4.69) is 15.0 Å². The highest BCUT2D eigenvalue weighted by molar-refractivity contribution is 7.56. The van der Waals surface area contributed by atoms with Crippen LogP contribution in [0.4, 0.5) is 5.82 Å². The van der Waals surface area contributed by atoms with Crippen LogP contribution in [-0.2, 0) is 15.8 Å². The molecule has 104 valence electrons. The second-order valence-electron chi connectivity index (χ2n) is 4.49. The number of ether oxygens (including phenoxy) is 1. The van der Waals surface area contributed by atoms with Crippen LogP contribution >= 0.6 is 7.37 Å². The quantitative estimate of drug-likeness (QED) is 0.775. The Labute approximate surface area is 110 Å². The second kappa shape index (κ2) is 5.24. The van der Waals surface area contributed by atoms with Crippen molar-refractivity contribution >= 4 is 24.4 Å². The summed E-state index contributed by atoms with van der Waals surface area (Å²) in [6, 6.07) is 0. The van der Waals surface area contributed by atoms with Crippen LogP contribution in [0.3, 0.4) is 0 Å². The first-order chi connectivity index (χ1) is 8.87. The smallest absolute Gasteiger partial charge is 0.222 e. The molecule has 0 saturated heterocycles. The molecule has 8 nitrogen and oxygen atoms in total. The van der Waals surface area contributed by atoms with Gasteiger partial charge in [-0.05, 0) is 6.92 Å². The van der Waals surface area contributed by atoms with Crippen LogP contribution in [0.15, 0.2) is 12.7 Å². The summed E-state index contributed by atoms with van der Waals surface area (Å²) in [6.07, 6.45) is 2.56. The number of aromatic nitrogens is 4. The molecular weight excluding hydrogens is 269 g/mol. The van der Waals surface area contributed by atoms with Crippen LogP contribution in [0.1, 0.15) is 6.92 Å². The number of nitrogens with zero attached hydrogens (tertiary/aromatic N) is 4. The van der Waals surface area contributed by atoms with Crippen molar-refractivity contribution in [2.24, 2.45) is 0 Å². The third-order valence-corrected chi connectivity index (χ3v) is 3.11. The monoisotopic (exact) mass is 285 g/mol. The zero-order valence-electron chi connectivity index (χ0n) is 10.7. The number of nitrogen functional groups attached to an aromatic ring is 1. The zero-order chi connectivity index (χ0) is 14.0. The van der Waals surface area contributed by atoms with Gasteiger partial charge < -0.3 is 19.9 Å². The lowest BCUT2D eigenvalue weighted by molar-refractivity contribution is 0.0829. The summed E-state index contributed by atoms with van der Waals surface area (Å²) in [5, 5.41) is 0. The molecule has 2 heterocycles. The van der Waals surface area contributed by atoms with Crippen LogP contribution < -0.4 is 5.73 Å². The third-order valence-electron chi connectivity index (χ3n) is 2.48. The summed E-state index contributed by atoms with van der Waals surface area (Å²) in [6.45, 7) is 3.54. The first-order valence-electron chi connectivity index (χ1n) is 5.69. The Morgan fingerprint density at radius 3 is 2.95 bits per heavy atom. The highest BCUT2D eigenvalue weighted by Crippen LogP contribution is 2.35.